The van der Waals surface area contributed by atoms with Crippen LogP contribution in [0.2, 0.25) is 0 Å². The quantitative estimate of drug-likeness (QED) is 0.457. The summed E-state index contributed by atoms with van der Waals surface area (Å²) in [5, 5.41) is 10.8. The molecule has 0 aliphatic rings. The van der Waals surface area contributed by atoms with Crippen LogP contribution in [0.3, 0.4) is 0 Å². The molecule has 0 aliphatic heterocycles. The van der Waals surface area contributed by atoms with E-state index in [1.165, 1.54) is 12.1 Å². The van der Waals surface area contributed by atoms with Crippen molar-refractivity contribution in [1.82, 2.24) is 20.3 Å². The topological polar surface area (TPSA) is 67.6 Å². The molecule has 0 aliphatic carbocycles. The molecule has 0 fully saturated rings. The molecule has 0 bridgehead atoms. The zero-order chi connectivity index (χ0) is 19.0. The van der Waals surface area contributed by atoms with Gasteiger partial charge in [0.05, 0.1) is 11.3 Å². The highest BCUT2D eigenvalue weighted by molar-refractivity contribution is 9.10. The molecule has 2 heterocycles. The molecule has 0 amide bonds. The minimum atomic E-state index is -4.44. The molecule has 136 valence electrons. The van der Waals surface area contributed by atoms with Crippen LogP contribution >= 0.6 is 15.9 Å². The van der Waals surface area contributed by atoms with Crippen molar-refractivity contribution in [3.8, 4) is 34.2 Å². The Balaban J connectivity index is 1.64. The summed E-state index contributed by atoms with van der Waals surface area (Å²) in [5.41, 5.74) is 1.46. The molecule has 0 radical (unpaired) electrons. The van der Waals surface area contributed by atoms with E-state index < -0.39 is 11.7 Å². The van der Waals surface area contributed by atoms with Crippen molar-refractivity contribution in [1.29, 1.82) is 0 Å². The van der Waals surface area contributed by atoms with Crippen molar-refractivity contribution in [2.75, 3.05) is 0 Å². The maximum Gasteiger partial charge on any atom is 0.416 e. The lowest BCUT2D eigenvalue weighted by atomic mass is 10.1. The summed E-state index contributed by atoms with van der Waals surface area (Å²) in [6, 6.07) is 14.1. The van der Waals surface area contributed by atoms with Crippen LogP contribution in [-0.2, 0) is 6.18 Å². The molecule has 0 saturated carbocycles. The highest BCUT2D eigenvalue weighted by Gasteiger charge is 2.30. The van der Waals surface area contributed by atoms with Crippen LogP contribution in [0.1, 0.15) is 5.56 Å². The predicted octanol–water partition coefficient (Wildman–Crippen LogP) is 5.58. The van der Waals surface area contributed by atoms with Gasteiger partial charge in [0.1, 0.15) is 5.69 Å². The van der Waals surface area contributed by atoms with Crippen LogP contribution in [0, 0.1) is 0 Å². The highest BCUT2D eigenvalue weighted by atomic mass is 79.9. The number of benzene rings is 2. The zero-order valence-corrected chi connectivity index (χ0v) is 15.0. The van der Waals surface area contributed by atoms with E-state index in [2.05, 4.69) is 36.3 Å². The first-order chi connectivity index (χ1) is 12.9. The largest absolute Gasteiger partial charge is 0.416 e. The van der Waals surface area contributed by atoms with E-state index in [0.29, 0.717) is 11.4 Å². The number of H-pyrrole nitrogens is 1. The Hall–Kier alpha value is -2.94. The van der Waals surface area contributed by atoms with Gasteiger partial charge < -0.3 is 4.52 Å². The molecule has 4 rings (SSSR count). The van der Waals surface area contributed by atoms with Crippen molar-refractivity contribution in [2.24, 2.45) is 0 Å². The van der Waals surface area contributed by atoms with Crippen molar-refractivity contribution in [3.63, 3.8) is 0 Å². The molecule has 0 saturated heterocycles. The number of rotatable bonds is 3. The van der Waals surface area contributed by atoms with Crippen LogP contribution in [0.25, 0.3) is 34.2 Å². The lowest BCUT2D eigenvalue weighted by Gasteiger charge is -2.06. The Kier molecular flexibility index (Phi) is 4.31. The fraction of sp³-hybridized carbons (Fsp3) is 0.0556. The molecule has 5 nitrogen and oxygen atoms in total. The van der Waals surface area contributed by atoms with Gasteiger partial charge in [-0.2, -0.15) is 23.3 Å². The van der Waals surface area contributed by atoms with E-state index in [-0.39, 0.29) is 17.3 Å². The second kappa shape index (κ2) is 6.66. The summed E-state index contributed by atoms with van der Waals surface area (Å²) < 4.78 is 44.7. The smallest absolute Gasteiger partial charge is 0.332 e. The van der Waals surface area contributed by atoms with Gasteiger partial charge in [-0.05, 0) is 30.3 Å². The third-order valence-corrected chi connectivity index (χ3v) is 4.30. The van der Waals surface area contributed by atoms with E-state index in [1.54, 1.807) is 6.07 Å². The molecule has 27 heavy (non-hydrogen) atoms. The van der Waals surface area contributed by atoms with Gasteiger partial charge in [0.15, 0.2) is 0 Å². The van der Waals surface area contributed by atoms with E-state index >= 15 is 0 Å². The Labute approximate surface area is 159 Å². The first-order valence-corrected chi connectivity index (χ1v) is 8.52. The molecule has 2 aromatic heterocycles. The van der Waals surface area contributed by atoms with Crippen LogP contribution < -0.4 is 0 Å². The Bertz CT molecular complexity index is 1100. The molecule has 4 aromatic rings. The zero-order valence-electron chi connectivity index (χ0n) is 13.5. The third kappa shape index (κ3) is 3.63. The summed E-state index contributed by atoms with van der Waals surface area (Å²) in [6.07, 6.45) is -4.44. The fourth-order valence-electron chi connectivity index (χ4n) is 2.51. The minimum absolute atomic E-state index is 0.0645. The lowest BCUT2D eigenvalue weighted by molar-refractivity contribution is -0.137. The standard InChI is InChI=1S/C18H10BrF3N4O/c19-13-6-2-3-10(8-13)14-9-15(25-24-14)17-23-16(26-27-17)11-4-1-5-12(7-11)18(20,21)22/h1-9H,(H,24,25). The van der Waals surface area contributed by atoms with Gasteiger partial charge in [-0.3, -0.25) is 5.10 Å². The molecule has 2 aromatic carbocycles. The molecular formula is C18H10BrF3N4O. The molecule has 9 heteroatoms. The number of halogens is 4. The lowest BCUT2D eigenvalue weighted by Crippen LogP contribution is -2.04. The second-order valence-electron chi connectivity index (χ2n) is 5.68. The van der Waals surface area contributed by atoms with Gasteiger partial charge in [0.25, 0.3) is 5.89 Å². The molecule has 1 N–H and O–H groups in total. The molecule has 0 unspecified atom stereocenters. The van der Waals surface area contributed by atoms with Gasteiger partial charge in [-0.25, -0.2) is 0 Å². The molecule has 0 atom stereocenters. The van der Waals surface area contributed by atoms with Crippen molar-refractivity contribution in [3.05, 3.63) is 64.6 Å². The van der Waals surface area contributed by atoms with E-state index in [1.807, 2.05) is 24.3 Å². The van der Waals surface area contributed by atoms with Crippen LogP contribution in [-0.4, -0.2) is 20.3 Å². The molecular weight excluding hydrogens is 425 g/mol. The molecule has 0 spiro atoms. The van der Waals surface area contributed by atoms with E-state index in [4.69, 9.17) is 4.52 Å². The third-order valence-electron chi connectivity index (χ3n) is 3.80. The highest BCUT2D eigenvalue weighted by Crippen LogP contribution is 2.32. The Morgan fingerprint density at radius 1 is 0.963 bits per heavy atom. The van der Waals surface area contributed by atoms with Gasteiger partial charge in [0, 0.05) is 15.6 Å². The Morgan fingerprint density at radius 3 is 2.52 bits per heavy atom. The number of alkyl halides is 3. The average molecular weight is 435 g/mol. The predicted molar refractivity (Wildman–Crippen MR) is 95.5 cm³/mol. The van der Waals surface area contributed by atoms with Crippen LogP contribution in [0.15, 0.2) is 63.6 Å². The maximum atomic E-state index is 12.9. The fourth-order valence-corrected chi connectivity index (χ4v) is 2.91. The minimum Gasteiger partial charge on any atom is -0.332 e. The number of nitrogens with zero attached hydrogens (tertiary/aromatic N) is 3. The van der Waals surface area contributed by atoms with Crippen LogP contribution in [0.4, 0.5) is 13.2 Å². The van der Waals surface area contributed by atoms with Crippen molar-refractivity contribution >= 4 is 15.9 Å². The van der Waals surface area contributed by atoms with E-state index in [9.17, 15) is 13.2 Å². The Morgan fingerprint density at radius 2 is 1.74 bits per heavy atom. The summed E-state index contributed by atoms with van der Waals surface area (Å²) in [6.45, 7) is 0. The number of nitrogens with one attached hydrogen (secondary N) is 1. The first kappa shape index (κ1) is 17.5. The SMILES string of the molecule is FC(F)(F)c1cccc(-c2noc(-c3cc(-c4cccc(Br)c4)n[nH]3)n2)c1. The normalized spacial score (nSPS) is 11.7. The summed E-state index contributed by atoms with van der Waals surface area (Å²) in [5.74, 6) is 0.200. The summed E-state index contributed by atoms with van der Waals surface area (Å²) in [4.78, 5) is 4.17. The van der Waals surface area contributed by atoms with Gasteiger partial charge in [0.2, 0.25) is 5.82 Å². The first-order valence-electron chi connectivity index (χ1n) is 7.73. The number of hydrogen-bond acceptors (Lipinski definition) is 4. The van der Waals surface area contributed by atoms with Crippen LogP contribution in [0.5, 0.6) is 0 Å². The summed E-state index contributed by atoms with van der Waals surface area (Å²) in [7, 11) is 0. The van der Waals surface area contributed by atoms with Gasteiger partial charge >= 0.3 is 6.18 Å². The monoisotopic (exact) mass is 434 g/mol. The van der Waals surface area contributed by atoms with E-state index in [0.717, 1.165) is 22.2 Å². The van der Waals surface area contributed by atoms with Gasteiger partial charge in [-0.1, -0.05) is 45.4 Å². The average Bonchev–Trinajstić information content (AvgIpc) is 3.31. The van der Waals surface area contributed by atoms with Crippen molar-refractivity contribution < 1.29 is 17.7 Å². The number of hydrogen-bond donors (Lipinski definition) is 1. The van der Waals surface area contributed by atoms with Crippen molar-refractivity contribution in [2.45, 2.75) is 6.18 Å². The summed E-state index contributed by atoms with van der Waals surface area (Å²) >= 11 is 3.40. The second-order valence-corrected chi connectivity index (χ2v) is 6.59. The number of aromatic amines is 1. The van der Waals surface area contributed by atoms with Gasteiger partial charge in [-0.15, -0.1) is 0 Å². The maximum absolute atomic E-state index is 12.9. The number of aromatic nitrogens is 4.